The van der Waals surface area contributed by atoms with Crippen molar-refractivity contribution in [1.29, 1.82) is 0 Å². The van der Waals surface area contributed by atoms with Gasteiger partial charge in [0.25, 0.3) is 0 Å². The molecule has 50 valence electrons. The molecule has 0 aliphatic rings. The van der Waals surface area contributed by atoms with E-state index in [1.54, 1.807) is 12.2 Å². The summed E-state index contributed by atoms with van der Waals surface area (Å²) in [5.74, 6) is 0. The molecule has 0 saturated heterocycles. The first-order chi connectivity index (χ1) is 4.22. The Morgan fingerprint density at radius 3 is 2.67 bits per heavy atom. The zero-order valence-electron chi connectivity index (χ0n) is 5.13. The molecule has 0 saturated carbocycles. The first-order valence-electron chi connectivity index (χ1n) is 2.42. The van der Waals surface area contributed by atoms with Gasteiger partial charge < -0.3 is 5.21 Å². The van der Waals surface area contributed by atoms with Crippen LogP contribution in [0.15, 0.2) is 29.5 Å². The Labute approximate surface area is 59.1 Å². The van der Waals surface area contributed by atoms with Crippen LogP contribution in [-0.4, -0.2) is 10.4 Å². The van der Waals surface area contributed by atoms with Crippen LogP contribution in [0.25, 0.3) is 0 Å². The van der Waals surface area contributed by atoms with Crippen molar-refractivity contribution < 1.29 is 5.21 Å². The maximum atomic E-state index is 8.09. The third-order valence-electron chi connectivity index (χ3n) is 0.721. The molecule has 2 nitrogen and oxygen atoms in total. The molecule has 0 aromatic rings. The molecule has 0 heterocycles. The van der Waals surface area contributed by atoms with Gasteiger partial charge in [0, 0.05) is 5.57 Å². The quantitative estimate of drug-likeness (QED) is 0.275. The van der Waals surface area contributed by atoms with E-state index in [0.717, 1.165) is 0 Å². The topological polar surface area (TPSA) is 32.6 Å². The fraction of sp³-hybridized carbons (Fsp3) is 0.167. The number of hydrogen-bond donors (Lipinski definition) is 1. The molecule has 0 aliphatic carbocycles. The number of nitrogens with zero attached hydrogens (tertiary/aromatic N) is 1. The molecule has 0 aromatic heterocycles. The van der Waals surface area contributed by atoms with Gasteiger partial charge in [-0.3, -0.25) is 0 Å². The SMILES string of the molecule is C=C(/C=C\C)/C(Cl)=N/O. The fourth-order valence-corrected chi connectivity index (χ4v) is 0.397. The van der Waals surface area contributed by atoms with Crippen LogP contribution in [0.2, 0.25) is 0 Å². The minimum atomic E-state index is 0.0214. The summed E-state index contributed by atoms with van der Waals surface area (Å²) >= 11 is 5.34. The van der Waals surface area contributed by atoms with Crippen LogP contribution in [-0.2, 0) is 0 Å². The van der Waals surface area contributed by atoms with Gasteiger partial charge in [-0.05, 0) is 6.92 Å². The zero-order valence-corrected chi connectivity index (χ0v) is 5.89. The number of oxime groups is 1. The van der Waals surface area contributed by atoms with Gasteiger partial charge in [0.1, 0.15) is 0 Å². The van der Waals surface area contributed by atoms with Crippen molar-refractivity contribution in [3.63, 3.8) is 0 Å². The van der Waals surface area contributed by atoms with Gasteiger partial charge in [-0.25, -0.2) is 0 Å². The van der Waals surface area contributed by atoms with Gasteiger partial charge in [0.2, 0.25) is 0 Å². The lowest BCUT2D eigenvalue weighted by atomic mass is 10.3. The molecule has 9 heavy (non-hydrogen) atoms. The van der Waals surface area contributed by atoms with Gasteiger partial charge in [-0.1, -0.05) is 35.5 Å². The molecule has 0 aliphatic heterocycles. The molecule has 0 rings (SSSR count). The zero-order chi connectivity index (χ0) is 7.28. The molecule has 0 unspecified atom stereocenters. The van der Waals surface area contributed by atoms with Crippen molar-refractivity contribution >= 4 is 16.8 Å². The summed E-state index contributed by atoms with van der Waals surface area (Å²) in [6.45, 7) is 5.33. The van der Waals surface area contributed by atoms with E-state index in [9.17, 15) is 0 Å². The van der Waals surface area contributed by atoms with Gasteiger partial charge in [-0.2, -0.15) is 0 Å². The summed E-state index contributed by atoms with van der Waals surface area (Å²) in [6.07, 6.45) is 3.41. The van der Waals surface area contributed by atoms with Crippen molar-refractivity contribution in [2.45, 2.75) is 6.92 Å². The van der Waals surface area contributed by atoms with Gasteiger partial charge in [0.15, 0.2) is 5.17 Å². The number of halogens is 1. The summed E-state index contributed by atoms with van der Waals surface area (Å²) in [7, 11) is 0. The second-order valence-corrected chi connectivity index (χ2v) is 1.77. The standard InChI is InChI=1S/C6H8ClNO/c1-3-4-5(2)6(7)8-9/h3-4,9H,2H2,1H3/b4-3-,8-6-. The number of rotatable bonds is 2. The largest absolute Gasteiger partial charge is 0.410 e. The van der Waals surface area contributed by atoms with Crippen molar-refractivity contribution in [2.24, 2.45) is 5.16 Å². The van der Waals surface area contributed by atoms with Crippen molar-refractivity contribution in [3.8, 4) is 0 Å². The smallest absolute Gasteiger partial charge is 0.174 e. The first kappa shape index (κ1) is 8.24. The lowest BCUT2D eigenvalue weighted by Crippen LogP contribution is -1.87. The summed E-state index contributed by atoms with van der Waals surface area (Å²) in [6, 6.07) is 0. The predicted molar refractivity (Wildman–Crippen MR) is 39.0 cm³/mol. The van der Waals surface area contributed by atoms with Gasteiger partial charge in [-0.15, -0.1) is 0 Å². The van der Waals surface area contributed by atoms with E-state index < -0.39 is 0 Å². The van der Waals surface area contributed by atoms with Crippen LogP contribution < -0.4 is 0 Å². The minimum Gasteiger partial charge on any atom is -0.410 e. The lowest BCUT2D eigenvalue weighted by molar-refractivity contribution is 0.321. The normalized spacial score (nSPS) is 12.4. The van der Waals surface area contributed by atoms with Crippen molar-refractivity contribution in [3.05, 3.63) is 24.3 Å². The molecule has 0 radical (unpaired) electrons. The summed E-state index contributed by atoms with van der Waals surface area (Å²) in [5, 5.41) is 10.9. The molecule has 0 atom stereocenters. The highest BCUT2D eigenvalue weighted by atomic mass is 35.5. The van der Waals surface area contributed by atoms with Crippen LogP contribution in [0, 0.1) is 0 Å². The van der Waals surface area contributed by atoms with E-state index in [-0.39, 0.29) is 5.17 Å². The molecule has 0 bridgehead atoms. The molecular formula is C6H8ClNO. The van der Waals surface area contributed by atoms with Crippen LogP contribution in [0.3, 0.4) is 0 Å². The predicted octanol–water partition coefficient (Wildman–Crippen LogP) is 2.15. The summed E-state index contributed by atoms with van der Waals surface area (Å²) in [4.78, 5) is 0. The van der Waals surface area contributed by atoms with Gasteiger partial charge >= 0.3 is 0 Å². The minimum absolute atomic E-state index is 0.0214. The molecule has 0 fully saturated rings. The average molecular weight is 146 g/mol. The monoisotopic (exact) mass is 145 g/mol. The Morgan fingerprint density at radius 1 is 1.78 bits per heavy atom. The van der Waals surface area contributed by atoms with E-state index in [1.807, 2.05) is 6.92 Å². The maximum absolute atomic E-state index is 8.09. The van der Waals surface area contributed by atoms with Crippen molar-refractivity contribution in [2.75, 3.05) is 0 Å². The lowest BCUT2D eigenvalue weighted by Gasteiger charge is -1.89. The fourth-order valence-electron chi connectivity index (χ4n) is 0.334. The highest BCUT2D eigenvalue weighted by molar-refractivity contribution is 6.69. The van der Waals surface area contributed by atoms with Crippen LogP contribution in [0.5, 0.6) is 0 Å². The third-order valence-corrected chi connectivity index (χ3v) is 1.04. The molecule has 0 spiro atoms. The van der Waals surface area contributed by atoms with E-state index >= 15 is 0 Å². The van der Waals surface area contributed by atoms with E-state index in [4.69, 9.17) is 16.8 Å². The van der Waals surface area contributed by atoms with E-state index in [2.05, 4.69) is 11.7 Å². The average Bonchev–Trinajstić information content (AvgIpc) is 1.87. The highest BCUT2D eigenvalue weighted by Crippen LogP contribution is 2.00. The summed E-state index contributed by atoms with van der Waals surface area (Å²) in [5.41, 5.74) is 0.502. The maximum Gasteiger partial charge on any atom is 0.174 e. The number of allylic oxidation sites excluding steroid dienone is 3. The second kappa shape index (κ2) is 4.15. The first-order valence-corrected chi connectivity index (χ1v) is 2.79. The van der Waals surface area contributed by atoms with Crippen LogP contribution in [0.1, 0.15) is 6.92 Å². The molecular weight excluding hydrogens is 138 g/mol. The molecule has 1 N–H and O–H groups in total. The molecule has 3 heteroatoms. The third kappa shape index (κ3) is 2.93. The number of hydrogen-bond acceptors (Lipinski definition) is 2. The van der Waals surface area contributed by atoms with Gasteiger partial charge in [0.05, 0.1) is 0 Å². The molecule has 0 aromatic carbocycles. The summed E-state index contributed by atoms with van der Waals surface area (Å²) < 4.78 is 0. The van der Waals surface area contributed by atoms with Crippen molar-refractivity contribution in [1.82, 2.24) is 0 Å². The Hall–Kier alpha value is -0.760. The Balaban J connectivity index is 4.05. The van der Waals surface area contributed by atoms with E-state index in [0.29, 0.717) is 5.57 Å². The van der Waals surface area contributed by atoms with Crippen LogP contribution >= 0.6 is 11.6 Å². The second-order valence-electron chi connectivity index (χ2n) is 1.42. The Kier molecular flexibility index (Phi) is 3.80. The Bertz CT molecular complexity index is 160. The highest BCUT2D eigenvalue weighted by Gasteiger charge is 1.93. The van der Waals surface area contributed by atoms with Crippen LogP contribution in [0.4, 0.5) is 0 Å². The Morgan fingerprint density at radius 2 is 2.33 bits per heavy atom. The molecule has 0 amide bonds. The van der Waals surface area contributed by atoms with E-state index in [1.165, 1.54) is 0 Å².